The zero-order chi connectivity index (χ0) is 8.32. The lowest BCUT2D eigenvalue weighted by molar-refractivity contribution is 0.0888. The van der Waals surface area contributed by atoms with Crippen LogP contribution in [0, 0.1) is 5.41 Å². The van der Waals surface area contributed by atoms with E-state index in [1.54, 1.807) is 0 Å². The van der Waals surface area contributed by atoms with Crippen molar-refractivity contribution in [2.75, 3.05) is 32.8 Å². The molecule has 0 aromatic carbocycles. The number of hydrogen-bond donors (Lipinski definition) is 0. The topological polar surface area (TPSA) is 12.5 Å². The fourth-order valence-corrected chi connectivity index (χ4v) is 1.54. The second-order valence-corrected chi connectivity index (χ2v) is 4.09. The summed E-state index contributed by atoms with van der Waals surface area (Å²) < 4.78 is 5.50. The Bertz CT molecular complexity index is 123. The summed E-state index contributed by atoms with van der Waals surface area (Å²) >= 11 is 0. The highest BCUT2D eigenvalue weighted by atomic mass is 16.5. The second kappa shape index (κ2) is 3.55. The van der Waals surface area contributed by atoms with E-state index >= 15 is 0 Å². The van der Waals surface area contributed by atoms with Crippen molar-refractivity contribution in [2.24, 2.45) is 5.41 Å². The summed E-state index contributed by atoms with van der Waals surface area (Å²) in [5, 5.41) is 0. The van der Waals surface area contributed by atoms with Crippen LogP contribution in [0.15, 0.2) is 0 Å². The van der Waals surface area contributed by atoms with E-state index in [-0.39, 0.29) is 0 Å². The van der Waals surface area contributed by atoms with Gasteiger partial charge in [-0.1, -0.05) is 20.8 Å². The van der Waals surface area contributed by atoms with E-state index in [4.69, 9.17) is 4.74 Å². The van der Waals surface area contributed by atoms with Crippen molar-refractivity contribution in [3.63, 3.8) is 0 Å². The number of rotatable bonds is 1. The summed E-state index contributed by atoms with van der Waals surface area (Å²) in [6.45, 7) is 12.0. The minimum atomic E-state index is 0.340. The first-order valence-corrected chi connectivity index (χ1v) is 4.44. The smallest absolute Gasteiger partial charge is 0.0593 e. The normalized spacial score (nSPS) is 26.5. The van der Waals surface area contributed by atoms with E-state index in [2.05, 4.69) is 25.7 Å². The van der Waals surface area contributed by atoms with Gasteiger partial charge in [0.05, 0.1) is 13.2 Å². The summed E-state index contributed by atoms with van der Waals surface area (Å²) in [7, 11) is 0. The summed E-state index contributed by atoms with van der Waals surface area (Å²) in [5.41, 5.74) is 0.340. The molecule has 0 amide bonds. The highest BCUT2D eigenvalue weighted by Gasteiger charge is 2.23. The molecule has 0 saturated carbocycles. The number of hydrogen-bond acceptors (Lipinski definition) is 2. The Labute approximate surface area is 69.5 Å². The van der Waals surface area contributed by atoms with Crippen LogP contribution in [0.1, 0.15) is 20.8 Å². The van der Waals surface area contributed by atoms with Crippen LogP contribution in [0.25, 0.3) is 0 Å². The van der Waals surface area contributed by atoms with Crippen molar-refractivity contribution < 1.29 is 4.74 Å². The molecule has 2 heteroatoms. The predicted octanol–water partition coefficient (Wildman–Crippen LogP) is 1.36. The van der Waals surface area contributed by atoms with Crippen LogP contribution < -0.4 is 0 Å². The average molecular weight is 157 g/mol. The molecule has 66 valence electrons. The van der Waals surface area contributed by atoms with Crippen molar-refractivity contribution in [2.45, 2.75) is 20.8 Å². The highest BCUT2D eigenvalue weighted by Crippen LogP contribution is 2.19. The summed E-state index contributed by atoms with van der Waals surface area (Å²) in [6, 6.07) is 0. The van der Waals surface area contributed by atoms with E-state index in [9.17, 15) is 0 Å². The van der Waals surface area contributed by atoms with Crippen LogP contribution in [0.5, 0.6) is 0 Å². The standard InChI is InChI=1S/C9H19NO/c1-4-10-5-6-11-8-9(2,3)7-10/h4-8H2,1-3H3. The number of nitrogens with zero attached hydrogens (tertiary/aromatic N) is 1. The summed E-state index contributed by atoms with van der Waals surface area (Å²) in [5.74, 6) is 0. The van der Waals surface area contributed by atoms with Crippen LogP contribution in [0.2, 0.25) is 0 Å². The lowest BCUT2D eigenvalue weighted by Crippen LogP contribution is -2.34. The first-order chi connectivity index (χ1) is 5.14. The van der Waals surface area contributed by atoms with Crippen LogP contribution >= 0.6 is 0 Å². The number of likely N-dealkylation sites (N-methyl/N-ethyl adjacent to an activating group) is 1. The van der Waals surface area contributed by atoms with Crippen molar-refractivity contribution in [3.05, 3.63) is 0 Å². The molecule has 0 aromatic heterocycles. The molecule has 1 fully saturated rings. The Morgan fingerprint density at radius 2 is 2.18 bits per heavy atom. The maximum Gasteiger partial charge on any atom is 0.0593 e. The molecule has 0 atom stereocenters. The highest BCUT2D eigenvalue weighted by molar-refractivity contribution is 4.75. The van der Waals surface area contributed by atoms with Crippen LogP contribution in [0.3, 0.4) is 0 Å². The molecule has 0 bridgehead atoms. The van der Waals surface area contributed by atoms with Crippen molar-refractivity contribution in [1.29, 1.82) is 0 Å². The molecule has 1 heterocycles. The SMILES string of the molecule is CCN1CCOCC(C)(C)C1. The van der Waals surface area contributed by atoms with E-state index in [0.29, 0.717) is 5.41 Å². The largest absolute Gasteiger partial charge is 0.380 e. The van der Waals surface area contributed by atoms with Gasteiger partial charge in [0.1, 0.15) is 0 Å². The molecule has 0 aromatic rings. The van der Waals surface area contributed by atoms with Gasteiger partial charge in [-0.3, -0.25) is 0 Å². The lowest BCUT2D eigenvalue weighted by Gasteiger charge is -2.27. The molecule has 11 heavy (non-hydrogen) atoms. The first kappa shape index (κ1) is 9.01. The zero-order valence-electron chi connectivity index (χ0n) is 7.89. The van der Waals surface area contributed by atoms with Gasteiger partial charge in [-0.2, -0.15) is 0 Å². The first-order valence-electron chi connectivity index (χ1n) is 4.44. The maximum atomic E-state index is 5.50. The minimum Gasteiger partial charge on any atom is -0.380 e. The second-order valence-electron chi connectivity index (χ2n) is 4.09. The summed E-state index contributed by atoms with van der Waals surface area (Å²) in [6.07, 6.45) is 0. The Morgan fingerprint density at radius 1 is 1.45 bits per heavy atom. The Hall–Kier alpha value is -0.0800. The predicted molar refractivity (Wildman–Crippen MR) is 46.7 cm³/mol. The maximum absolute atomic E-state index is 5.50. The monoisotopic (exact) mass is 157 g/mol. The van der Waals surface area contributed by atoms with Gasteiger partial charge in [0.2, 0.25) is 0 Å². The molecule has 1 aliphatic heterocycles. The molecule has 0 spiro atoms. The Kier molecular flexibility index (Phi) is 2.90. The Morgan fingerprint density at radius 3 is 2.82 bits per heavy atom. The van der Waals surface area contributed by atoms with Crippen LogP contribution in [0.4, 0.5) is 0 Å². The minimum absolute atomic E-state index is 0.340. The molecule has 0 N–H and O–H groups in total. The third-order valence-electron chi connectivity index (χ3n) is 2.14. The average Bonchev–Trinajstić information content (AvgIpc) is 2.10. The third-order valence-corrected chi connectivity index (χ3v) is 2.14. The molecule has 1 rings (SSSR count). The van der Waals surface area contributed by atoms with Gasteiger partial charge in [-0.05, 0) is 6.54 Å². The zero-order valence-corrected chi connectivity index (χ0v) is 7.89. The van der Waals surface area contributed by atoms with E-state index in [1.165, 1.54) is 6.54 Å². The van der Waals surface area contributed by atoms with Gasteiger partial charge in [0.15, 0.2) is 0 Å². The van der Waals surface area contributed by atoms with E-state index < -0.39 is 0 Å². The van der Waals surface area contributed by atoms with Crippen molar-refractivity contribution in [1.82, 2.24) is 4.90 Å². The van der Waals surface area contributed by atoms with E-state index in [0.717, 1.165) is 26.3 Å². The third kappa shape index (κ3) is 2.80. The van der Waals surface area contributed by atoms with Gasteiger partial charge in [0, 0.05) is 18.5 Å². The molecule has 1 saturated heterocycles. The van der Waals surface area contributed by atoms with Gasteiger partial charge in [0.25, 0.3) is 0 Å². The molecule has 2 nitrogen and oxygen atoms in total. The fourth-order valence-electron chi connectivity index (χ4n) is 1.54. The quantitative estimate of drug-likeness (QED) is 0.570. The van der Waals surface area contributed by atoms with E-state index in [1.807, 2.05) is 0 Å². The van der Waals surface area contributed by atoms with Crippen LogP contribution in [-0.2, 0) is 4.74 Å². The molecule has 0 unspecified atom stereocenters. The Balaban J connectivity index is 2.47. The lowest BCUT2D eigenvalue weighted by atomic mass is 9.94. The fraction of sp³-hybridized carbons (Fsp3) is 1.00. The van der Waals surface area contributed by atoms with Gasteiger partial charge < -0.3 is 9.64 Å². The molecule has 0 radical (unpaired) electrons. The van der Waals surface area contributed by atoms with Crippen molar-refractivity contribution in [3.8, 4) is 0 Å². The summed E-state index contributed by atoms with van der Waals surface area (Å²) in [4.78, 5) is 2.45. The molecule has 1 aliphatic rings. The van der Waals surface area contributed by atoms with Crippen molar-refractivity contribution >= 4 is 0 Å². The van der Waals surface area contributed by atoms with Gasteiger partial charge in [-0.25, -0.2) is 0 Å². The number of ether oxygens (including phenoxy) is 1. The molecular weight excluding hydrogens is 138 g/mol. The van der Waals surface area contributed by atoms with Gasteiger partial charge >= 0.3 is 0 Å². The molecular formula is C9H19NO. The molecule has 0 aliphatic carbocycles. The van der Waals surface area contributed by atoms with Gasteiger partial charge in [-0.15, -0.1) is 0 Å². The van der Waals surface area contributed by atoms with Crippen LogP contribution in [-0.4, -0.2) is 37.7 Å².